The van der Waals surface area contributed by atoms with Crippen LogP contribution >= 0.6 is 11.8 Å². The van der Waals surface area contributed by atoms with Crippen LogP contribution in [0.3, 0.4) is 0 Å². The number of carbonyl (C=O) groups is 2. The molecule has 0 bridgehead atoms. The third-order valence-corrected chi connectivity index (χ3v) is 7.23. The Bertz CT molecular complexity index is 1340. The molecule has 0 saturated heterocycles. The van der Waals surface area contributed by atoms with Crippen LogP contribution in [0.5, 0.6) is 17.2 Å². The van der Waals surface area contributed by atoms with Gasteiger partial charge in [-0.3, -0.25) is 14.6 Å². The van der Waals surface area contributed by atoms with Crippen LogP contribution in [0.25, 0.3) is 0 Å². The van der Waals surface area contributed by atoms with Gasteiger partial charge in [-0.05, 0) is 43.9 Å². The number of hydrogen-bond acceptors (Lipinski definition) is 9. The number of phenols is 2. The summed E-state index contributed by atoms with van der Waals surface area (Å²) in [6.07, 6.45) is 2.44. The number of hydrogen-bond donors (Lipinski definition) is 3. The van der Waals surface area contributed by atoms with Crippen LogP contribution in [0.4, 0.5) is 0 Å². The van der Waals surface area contributed by atoms with Crippen LogP contribution in [-0.4, -0.2) is 45.4 Å². The Hall–Kier alpha value is -3.56. The summed E-state index contributed by atoms with van der Waals surface area (Å²) in [6, 6.07) is 8.73. The Labute approximate surface area is 212 Å². The Balaban J connectivity index is 1.96. The standard InChI is InChI=1S/C27H27NO7S/c1-13-24(31)22-16(11-28-13)12-35-27(22)20-9-18(14(2)29)25(32)23(26(20)33)19(10-21(30)34-3)15-5-7-17(36-4)8-6-15/h5-9,11,19,27,31-33H,10,12H2,1-4H3/t19-,27+/m0/s1. The fraction of sp³-hybridized carbons (Fsp3) is 0.296. The molecular weight excluding hydrogens is 482 g/mol. The van der Waals surface area contributed by atoms with Gasteiger partial charge in [-0.15, -0.1) is 11.8 Å². The van der Waals surface area contributed by atoms with Crippen molar-refractivity contribution < 1.29 is 34.4 Å². The highest BCUT2D eigenvalue weighted by atomic mass is 32.2. The average Bonchev–Trinajstić information content (AvgIpc) is 3.30. The number of carbonyl (C=O) groups excluding carboxylic acids is 2. The van der Waals surface area contributed by atoms with Crippen molar-refractivity contribution in [2.75, 3.05) is 13.4 Å². The number of rotatable bonds is 7. The third-order valence-electron chi connectivity index (χ3n) is 6.49. The molecule has 0 aliphatic carbocycles. The van der Waals surface area contributed by atoms with E-state index in [1.165, 1.54) is 20.1 Å². The summed E-state index contributed by atoms with van der Waals surface area (Å²) < 4.78 is 10.8. The molecule has 36 heavy (non-hydrogen) atoms. The molecule has 3 N–H and O–H groups in total. The van der Waals surface area contributed by atoms with Gasteiger partial charge < -0.3 is 24.8 Å². The number of thioether (sulfide) groups is 1. The molecule has 1 aromatic heterocycles. The summed E-state index contributed by atoms with van der Waals surface area (Å²) in [6.45, 7) is 3.10. The highest BCUT2D eigenvalue weighted by Crippen LogP contribution is 2.50. The topological polar surface area (TPSA) is 126 Å². The molecule has 1 aliphatic rings. The maximum absolute atomic E-state index is 12.5. The lowest BCUT2D eigenvalue weighted by molar-refractivity contribution is -0.140. The molecule has 188 valence electrons. The van der Waals surface area contributed by atoms with Gasteiger partial charge in [-0.1, -0.05) is 12.1 Å². The number of methoxy groups -OCH3 is 1. The first-order valence-corrected chi connectivity index (χ1v) is 12.5. The van der Waals surface area contributed by atoms with Gasteiger partial charge in [0.15, 0.2) is 5.78 Å². The molecule has 8 nitrogen and oxygen atoms in total. The average molecular weight is 510 g/mol. The molecule has 0 radical (unpaired) electrons. The second-order valence-corrected chi connectivity index (χ2v) is 9.49. The largest absolute Gasteiger partial charge is 0.507 e. The van der Waals surface area contributed by atoms with E-state index in [1.807, 2.05) is 18.4 Å². The van der Waals surface area contributed by atoms with Crippen molar-refractivity contribution in [1.29, 1.82) is 0 Å². The van der Waals surface area contributed by atoms with Gasteiger partial charge in [0.25, 0.3) is 0 Å². The molecule has 9 heteroatoms. The lowest BCUT2D eigenvalue weighted by atomic mass is 9.83. The molecule has 0 fully saturated rings. The Kier molecular flexibility index (Phi) is 7.23. The predicted octanol–water partition coefficient (Wildman–Crippen LogP) is 4.75. The van der Waals surface area contributed by atoms with E-state index >= 15 is 0 Å². The Morgan fingerprint density at radius 3 is 2.47 bits per heavy atom. The zero-order chi connectivity index (χ0) is 26.1. The summed E-state index contributed by atoms with van der Waals surface area (Å²) >= 11 is 1.55. The summed E-state index contributed by atoms with van der Waals surface area (Å²) in [5, 5.41) is 33.4. The van der Waals surface area contributed by atoms with E-state index < -0.39 is 29.5 Å². The molecule has 2 aromatic carbocycles. The van der Waals surface area contributed by atoms with E-state index in [9.17, 15) is 24.9 Å². The predicted molar refractivity (Wildman–Crippen MR) is 134 cm³/mol. The summed E-state index contributed by atoms with van der Waals surface area (Å²) in [5.74, 6) is -2.61. The van der Waals surface area contributed by atoms with Crippen molar-refractivity contribution in [2.45, 2.75) is 43.8 Å². The zero-order valence-electron chi connectivity index (χ0n) is 20.4. The smallest absolute Gasteiger partial charge is 0.306 e. The van der Waals surface area contributed by atoms with Crippen molar-refractivity contribution >= 4 is 23.5 Å². The lowest BCUT2D eigenvalue weighted by Crippen LogP contribution is -2.13. The number of nitrogens with zero attached hydrogens (tertiary/aromatic N) is 1. The first-order chi connectivity index (χ1) is 17.2. The van der Waals surface area contributed by atoms with Crippen LogP contribution in [0.1, 0.15) is 69.2 Å². The molecule has 0 amide bonds. The van der Waals surface area contributed by atoms with Crippen LogP contribution in [-0.2, 0) is 20.9 Å². The van der Waals surface area contributed by atoms with Crippen LogP contribution < -0.4 is 0 Å². The van der Waals surface area contributed by atoms with Crippen molar-refractivity contribution in [1.82, 2.24) is 4.98 Å². The number of aromatic nitrogens is 1. The van der Waals surface area contributed by atoms with Crippen LogP contribution in [0.2, 0.25) is 0 Å². The number of ketones is 1. The maximum atomic E-state index is 12.5. The number of benzene rings is 2. The van der Waals surface area contributed by atoms with E-state index in [2.05, 4.69) is 4.98 Å². The maximum Gasteiger partial charge on any atom is 0.306 e. The van der Waals surface area contributed by atoms with Gasteiger partial charge >= 0.3 is 5.97 Å². The SMILES string of the molecule is COC(=O)C[C@@H](c1ccc(SC)cc1)c1c(O)c(C(C)=O)cc([C@H]2OCc3cnc(C)c(O)c32)c1O. The van der Waals surface area contributed by atoms with Gasteiger partial charge in [0, 0.05) is 39.3 Å². The highest BCUT2D eigenvalue weighted by molar-refractivity contribution is 7.98. The Morgan fingerprint density at radius 2 is 1.86 bits per heavy atom. The number of esters is 1. The number of ether oxygens (including phenoxy) is 2. The molecule has 1 aliphatic heterocycles. The van der Waals surface area contributed by atoms with E-state index in [-0.39, 0.29) is 41.2 Å². The van der Waals surface area contributed by atoms with Crippen LogP contribution in [0.15, 0.2) is 41.4 Å². The van der Waals surface area contributed by atoms with E-state index in [4.69, 9.17) is 9.47 Å². The molecule has 0 spiro atoms. The monoisotopic (exact) mass is 509 g/mol. The lowest BCUT2D eigenvalue weighted by Gasteiger charge is -2.24. The molecule has 0 saturated carbocycles. The number of Topliss-reactive ketones (excluding diaryl/α,β-unsaturated/α-hetero) is 1. The van der Waals surface area contributed by atoms with Gasteiger partial charge in [0.2, 0.25) is 0 Å². The second kappa shape index (κ2) is 10.2. The van der Waals surface area contributed by atoms with E-state index in [0.717, 1.165) is 4.90 Å². The normalized spacial score (nSPS) is 15.4. The molecule has 2 atom stereocenters. The van der Waals surface area contributed by atoms with E-state index in [0.29, 0.717) is 22.4 Å². The molecular formula is C27H27NO7S. The summed E-state index contributed by atoms with van der Waals surface area (Å²) in [7, 11) is 1.26. The number of aromatic hydroxyl groups is 3. The first-order valence-electron chi connectivity index (χ1n) is 11.3. The van der Waals surface area contributed by atoms with Gasteiger partial charge in [-0.2, -0.15) is 0 Å². The van der Waals surface area contributed by atoms with Gasteiger partial charge in [-0.25, -0.2) is 0 Å². The highest BCUT2D eigenvalue weighted by Gasteiger charge is 2.36. The summed E-state index contributed by atoms with van der Waals surface area (Å²) in [5.41, 5.74) is 2.32. The fourth-order valence-corrected chi connectivity index (χ4v) is 4.95. The minimum atomic E-state index is -0.906. The van der Waals surface area contributed by atoms with E-state index in [1.54, 1.807) is 37.0 Å². The molecule has 3 aromatic rings. The number of phenolic OH excluding ortho intramolecular Hbond substituents is 2. The van der Waals surface area contributed by atoms with Crippen molar-refractivity contribution in [2.24, 2.45) is 0 Å². The van der Waals surface area contributed by atoms with Crippen LogP contribution in [0, 0.1) is 6.92 Å². The van der Waals surface area contributed by atoms with Crippen molar-refractivity contribution in [3.8, 4) is 17.2 Å². The number of pyridine rings is 1. The van der Waals surface area contributed by atoms with Crippen molar-refractivity contribution in [3.05, 3.63) is 75.6 Å². The molecule has 2 heterocycles. The zero-order valence-corrected chi connectivity index (χ0v) is 21.2. The van der Waals surface area contributed by atoms with Gasteiger partial charge in [0.05, 0.1) is 31.4 Å². The second-order valence-electron chi connectivity index (χ2n) is 8.61. The first kappa shape index (κ1) is 25.5. The minimum Gasteiger partial charge on any atom is -0.507 e. The molecule has 4 rings (SSSR count). The minimum absolute atomic E-state index is 0.0160. The molecule has 0 unspecified atom stereocenters. The summed E-state index contributed by atoms with van der Waals surface area (Å²) in [4.78, 5) is 30.1. The van der Waals surface area contributed by atoms with Crippen molar-refractivity contribution in [3.63, 3.8) is 0 Å². The Morgan fingerprint density at radius 1 is 1.17 bits per heavy atom. The fourth-order valence-electron chi connectivity index (χ4n) is 4.54. The quantitative estimate of drug-likeness (QED) is 0.235. The third kappa shape index (κ3) is 4.52. The number of aryl methyl sites for hydroxylation is 1. The van der Waals surface area contributed by atoms with Gasteiger partial charge in [0.1, 0.15) is 23.4 Å². The number of fused-ring (bicyclic) bond motifs is 1.